The standard InChI is InChI=1S/C14H11Cl2FN2/c1-14(9-3-5-12(16)18-7-9)13(19-14)8-2-4-10(15)11(17)6-8/h2-7,13,19H,1H3. The van der Waals surface area contributed by atoms with Crippen LogP contribution in [0.25, 0.3) is 0 Å². The summed E-state index contributed by atoms with van der Waals surface area (Å²) in [6.45, 7) is 2.05. The van der Waals surface area contributed by atoms with Crippen LogP contribution in [0.15, 0.2) is 36.5 Å². The molecular weight excluding hydrogens is 286 g/mol. The predicted octanol–water partition coefficient (Wildman–Crippen LogP) is 4.09. The molecule has 2 nitrogen and oxygen atoms in total. The first-order chi connectivity index (χ1) is 9.00. The van der Waals surface area contributed by atoms with Gasteiger partial charge in [-0.15, -0.1) is 0 Å². The molecule has 19 heavy (non-hydrogen) atoms. The van der Waals surface area contributed by atoms with Gasteiger partial charge in [0.25, 0.3) is 0 Å². The lowest BCUT2D eigenvalue weighted by molar-refractivity contribution is 0.624. The van der Waals surface area contributed by atoms with Crippen LogP contribution in [0.2, 0.25) is 10.2 Å². The quantitative estimate of drug-likeness (QED) is 0.669. The highest BCUT2D eigenvalue weighted by Gasteiger charge is 2.51. The van der Waals surface area contributed by atoms with Crippen molar-refractivity contribution in [1.29, 1.82) is 0 Å². The molecule has 2 aromatic rings. The molecule has 5 heteroatoms. The third kappa shape index (κ3) is 2.22. The zero-order valence-corrected chi connectivity index (χ0v) is 11.6. The van der Waals surface area contributed by atoms with Gasteiger partial charge in [-0.25, -0.2) is 9.37 Å². The molecule has 1 N–H and O–H groups in total. The van der Waals surface area contributed by atoms with Crippen LogP contribution in [0, 0.1) is 5.82 Å². The van der Waals surface area contributed by atoms with Crippen LogP contribution in [-0.2, 0) is 5.54 Å². The lowest BCUT2D eigenvalue weighted by atomic mass is 9.95. The second-order valence-electron chi connectivity index (χ2n) is 4.82. The predicted molar refractivity (Wildman–Crippen MR) is 73.9 cm³/mol. The van der Waals surface area contributed by atoms with Crippen molar-refractivity contribution in [2.45, 2.75) is 18.5 Å². The molecule has 0 spiro atoms. The largest absolute Gasteiger partial charge is 0.297 e. The minimum absolute atomic E-state index is 0.0576. The van der Waals surface area contributed by atoms with Crippen molar-refractivity contribution in [2.75, 3.05) is 0 Å². The molecule has 1 fully saturated rings. The number of nitrogens with one attached hydrogen (secondary N) is 1. The van der Waals surface area contributed by atoms with Gasteiger partial charge in [0.15, 0.2) is 0 Å². The molecule has 0 saturated carbocycles. The highest BCUT2D eigenvalue weighted by atomic mass is 35.5. The van der Waals surface area contributed by atoms with Gasteiger partial charge in [-0.2, -0.15) is 0 Å². The number of aromatic nitrogens is 1. The molecule has 98 valence electrons. The fraction of sp³-hybridized carbons (Fsp3) is 0.214. The van der Waals surface area contributed by atoms with E-state index in [0.29, 0.717) is 5.15 Å². The van der Waals surface area contributed by atoms with Crippen LogP contribution in [0.4, 0.5) is 4.39 Å². The second-order valence-corrected chi connectivity index (χ2v) is 5.62. The minimum Gasteiger partial charge on any atom is -0.297 e. The molecule has 0 bridgehead atoms. The number of hydrogen-bond donors (Lipinski definition) is 1. The Kier molecular flexibility index (Phi) is 3.01. The van der Waals surface area contributed by atoms with E-state index < -0.39 is 5.82 Å². The van der Waals surface area contributed by atoms with Crippen LogP contribution in [0.3, 0.4) is 0 Å². The van der Waals surface area contributed by atoms with Gasteiger partial charge < -0.3 is 0 Å². The molecule has 1 aliphatic rings. The van der Waals surface area contributed by atoms with E-state index in [2.05, 4.69) is 17.2 Å². The minimum atomic E-state index is -0.399. The maximum absolute atomic E-state index is 13.5. The maximum atomic E-state index is 13.5. The third-order valence-electron chi connectivity index (χ3n) is 3.54. The van der Waals surface area contributed by atoms with Crippen LogP contribution in [-0.4, -0.2) is 4.98 Å². The zero-order chi connectivity index (χ0) is 13.6. The Morgan fingerprint density at radius 3 is 2.68 bits per heavy atom. The summed E-state index contributed by atoms with van der Waals surface area (Å²) in [7, 11) is 0. The molecule has 2 heterocycles. The molecular formula is C14H11Cl2FN2. The summed E-state index contributed by atoms with van der Waals surface area (Å²) in [5.41, 5.74) is 1.66. The summed E-state index contributed by atoms with van der Waals surface area (Å²) in [6, 6.07) is 8.61. The smallest absolute Gasteiger partial charge is 0.142 e. The molecule has 2 unspecified atom stereocenters. The van der Waals surface area contributed by atoms with E-state index in [1.54, 1.807) is 18.3 Å². The number of rotatable bonds is 2. The average Bonchev–Trinajstić information content (AvgIpc) is 3.07. The van der Waals surface area contributed by atoms with Gasteiger partial charge in [-0.3, -0.25) is 5.32 Å². The fourth-order valence-corrected chi connectivity index (χ4v) is 2.53. The van der Waals surface area contributed by atoms with Crippen molar-refractivity contribution in [3.8, 4) is 0 Å². The topological polar surface area (TPSA) is 34.8 Å². The third-order valence-corrected chi connectivity index (χ3v) is 4.07. The van der Waals surface area contributed by atoms with E-state index in [4.69, 9.17) is 23.2 Å². The van der Waals surface area contributed by atoms with Crippen molar-refractivity contribution in [2.24, 2.45) is 0 Å². The Morgan fingerprint density at radius 1 is 1.26 bits per heavy atom. The number of benzene rings is 1. The first-order valence-electron chi connectivity index (χ1n) is 5.85. The number of hydrogen-bond acceptors (Lipinski definition) is 2. The van der Waals surface area contributed by atoms with Gasteiger partial charge in [0, 0.05) is 6.20 Å². The van der Waals surface area contributed by atoms with Crippen LogP contribution >= 0.6 is 23.2 Å². The molecule has 1 saturated heterocycles. The highest BCUT2D eigenvalue weighted by molar-refractivity contribution is 6.30. The summed E-state index contributed by atoms with van der Waals surface area (Å²) in [4.78, 5) is 4.08. The van der Waals surface area contributed by atoms with E-state index >= 15 is 0 Å². The molecule has 2 atom stereocenters. The van der Waals surface area contributed by atoms with E-state index in [1.807, 2.05) is 12.1 Å². The molecule has 1 aromatic carbocycles. The summed E-state index contributed by atoms with van der Waals surface area (Å²) < 4.78 is 13.5. The van der Waals surface area contributed by atoms with Crippen molar-refractivity contribution < 1.29 is 4.39 Å². The number of nitrogens with zero attached hydrogens (tertiary/aromatic N) is 1. The van der Waals surface area contributed by atoms with Crippen molar-refractivity contribution in [3.63, 3.8) is 0 Å². The SMILES string of the molecule is CC1(c2ccc(Cl)nc2)NC1c1ccc(Cl)c(F)c1. The molecule has 0 amide bonds. The zero-order valence-electron chi connectivity index (χ0n) is 10.1. The van der Waals surface area contributed by atoms with E-state index in [-0.39, 0.29) is 16.6 Å². The Bertz CT molecular complexity index is 630. The van der Waals surface area contributed by atoms with Gasteiger partial charge in [0.1, 0.15) is 11.0 Å². The molecule has 0 aliphatic carbocycles. The van der Waals surface area contributed by atoms with Gasteiger partial charge in [-0.1, -0.05) is 35.3 Å². The monoisotopic (exact) mass is 296 g/mol. The Morgan fingerprint density at radius 2 is 2.05 bits per heavy atom. The van der Waals surface area contributed by atoms with E-state index in [9.17, 15) is 4.39 Å². The maximum Gasteiger partial charge on any atom is 0.142 e. The molecule has 1 aliphatic heterocycles. The number of pyridine rings is 1. The van der Waals surface area contributed by atoms with Crippen molar-refractivity contribution in [3.05, 3.63) is 63.6 Å². The molecule has 3 rings (SSSR count). The normalized spacial score (nSPS) is 25.4. The van der Waals surface area contributed by atoms with Gasteiger partial charge in [-0.05, 0) is 36.2 Å². The van der Waals surface area contributed by atoms with E-state index in [1.165, 1.54) is 6.07 Å². The Hall–Kier alpha value is -1.16. The lowest BCUT2D eigenvalue weighted by Gasteiger charge is -2.09. The van der Waals surface area contributed by atoms with Crippen LogP contribution < -0.4 is 5.32 Å². The fourth-order valence-electron chi connectivity index (χ4n) is 2.30. The second kappa shape index (κ2) is 4.44. The van der Waals surface area contributed by atoms with Crippen LogP contribution in [0.5, 0.6) is 0 Å². The lowest BCUT2D eigenvalue weighted by Crippen LogP contribution is -2.07. The highest BCUT2D eigenvalue weighted by Crippen LogP contribution is 2.48. The summed E-state index contributed by atoms with van der Waals surface area (Å²) in [5.74, 6) is -0.399. The Balaban J connectivity index is 1.90. The average molecular weight is 297 g/mol. The number of halogens is 3. The first-order valence-corrected chi connectivity index (χ1v) is 6.61. The van der Waals surface area contributed by atoms with Gasteiger partial charge in [0.2, 0.25) is 0 Å². The van der Waals surface area contributed by atoms with Crippen LogP contribution in [0.1, 0.15) is 24.1 Å². The van der Waals surface area contributed by atoms with Gasteiger partial charge in [0.05, 0.1) is 16.6 Å². The first kappa shape index (κ1) is 12.9. The molecule has 1 aromatic heterocycles. The van der Waals surface area contributed by atoms with Gasteiger partial charge >= 0.3 is 0 Å². The summed E-state index contributed by atoms with van der Waals surface area (Å²) in [6.07, 6.45) is 1.74. The summed E-state index contributed by atoms with van der Waals surface area (Å²) >= 11 is 11.5. The van der Waals surface area contributed by atoms with E-state index in [0.717, 1.165) is 11.1 Å². The summed E-state index contributed by atoms with van der Waals surface area (Å²) in [5, 5.41) is 3.95. The van der Waals surface area contributed by atoms with Crippen molar-refractivity contribution >= 4 is 23.2 Å². The Labute approximate surface area is 120 Å². The van der Waals surface area contributed by atoms with Crippen molar-refractivity contribution in [1.82, 2.24) is 10.3 Å². The molecule has 0 radical (unpaired) electrons.